The molecule has 0 amide bonds. The Morgan fingerprint density at radius 3 is 1.68 bits per heavy atom. The minimum absolute atomic E-state index is 0.141. The van der Waals surface area contributed by atoms with Crippen LogP contribution in [0.4, 0.5) is 43.9 Å². The van der Waals surface area contributed by atoms with E-state index in [9.17, 15) is 52.3 Å². The van der Waals surface area contributed by atoms with E-state index in [1.165, 1.54) is 19.1 Å². The maximum absolute atomic E-state index is 13.6. The van der Waals surface area contributed by atoms with Crippen molar-refractivity contribution >= 4 is 10.1 Å². The van der Waals surface area contributed by atoms with Crippen molar-refractivity contribution in [3.05, 3.63) is 29.8 Å². The van der Waals surface area contributed by atoms with Crippen molar-refractivity contribution in [2.75, 3.05) is 33.0 Å². The lowest BCUT2D eigenvalue weighted by molar-refractivity contribution is -0.566. The number of ether oxygens (including phenoxy) is 5. The van der Waals surface area contributed by atoms with Crippen LogP contribution in [0.2, 0.25) is 0 Å². The zero-order chi connectivity index (χ0) is 29.5. The van der Waals surface area contributed by atoms with Crippen LogP contribution >= 0.6 is 0 Å². The van der Waals surface area contributed by atoms with Gasteiger partial charge in [0, 0.05) is 6.61 Å². The van der Waals surface area contributed by atoms with Gasteiger partial charge in [0.25, 0.3) is 10.1 Å². The molecule has 0 unspecified atom stereocenters. The van der Waals surface area contributed by atoms with Crippen LogP contribution in [0.3, 0.4) is 0 Å². The Labute approximate surface area is 209 Å². The quantitative estimate of drug-likeness (QED) is 0.0994. The molecule has 38 heavy (non-hydrogen) atoms. The first-order valence-corrected chi connectivity index (χ1v) is 11.7. The molecule has 0 fully saturated rings. The molecule has 0 atom stereocenters. The minimum atomic E-state index is -6.63. The molecule has 0 aliphatic rings. The van der Waals surface area contributed by atoms with Crippen molar-refractivity contribution < 1.29 is 80.2 Å². The van der Waals surface area contributed by atoms with Crippen molar-refractivity contribution in [1.29, 1.82) is 0 Å². The monoisotopic (exact) mass is 600 g/mol. The lowest BCUT2D eigenvalue weighted by Crippen LogP contribution is -2.54. The highest BCUT2D eigenvalue weighted by molar-refractivity contribution is 7.86. The number of aryl methyl sites for hydroxylation is 1. The van der Waals surface area contributed by atoms with Crippen LogP contribution in [0.15, 0.2) is 29.2 Å². The highest BCUT2D eigenvalue weighted by atomic mass is 32.2. The zero-order valence-corrected chi connectivity index (χ0v) is 20.3. The Hall–Kier alpha value is -1.77. The molecule has 0 radical (unpaired) electrons. The number of benzene rings is 1. The van der Waals surface area contributed by atoms with Gasteiger partial charge in [-0.05, 0) is 25.5 Å². The smallest absolute Gasteiger partial charge is 0.372 e. The summed E-state index contributed by atoms with van der Waals surface area (Å²) in [5, 5.41) is 0. The third-order valence-electron chi connectivity index (χ3n) is 3.80. The molecule has 19 heteroatoms. The second-order valence-corrected chi connectivity index (χ2v) is 8.89. The van der Waals surface area contributed by atoms with E-state index >= 15 is 0 Å². The molecule has 0 saturated heterocycles. The van der Waals surface area contributed by atoms with Crippen LogP contribution in [0, 0.1) is 6.92 Å². The molecule has 8 nitrogen and oxygen atoms in total. The molecule has 0 aliphatic carbocycles. The molecule has 1 aromatic rings. The highest BCUT2D eigenvalue weighted by Gasteiger charge is 2.68. The second-order valence-electron chi connectivity index (χ2n) is 7.27. The summed E-state index contributed by atoms with van der Waals surface area (Å²) in [6.07, 6.45) is -29.5. The fourth-order valence-electron chi connectivity index (χ4n) is 2.21. The summed E-state index contributed by atoms with van der Waals surface area (Å²) < 4.78 is 178. The van der Waals surface area contributed by atoms with Crippen molar-refractivity contribution in [1.82, 2.24) is 0 Å². The van der Waals surface area contributed by atoms with Crippen LogP contribution in [0.25, 0.3) is 0 Å². The summed E-state index contributed by atoms with van der Waals surface area (Å²) in [5.74, 6) is 0. The third-order valence-corrected chi connectivity index (χ3v) is 5.12. The van der Waals surface area contributed by atoms with Crippen LogP contribution in [-0.2, 0) is 38.0 Å². The fraction of sp³-hybridized carbons (Fsp3) is 0.684. The summed E-state index contributed by atoms with van der Waals surface area (Å²) in [6, 6.07) is 5.15. The average molecular weight is 600 g/mol. The van der Waals surface area contributed by atoms with E-state index in [2.05, 4.69) is 27.9 Å². The number of hydrogen-bond acceptors (Lipinski definition) is 8. The van der Waals surface area contributed by atoms with Gasteiger partial charge >= 0.3 is 30.7 Å². The summed E-state index contributed by atoms with van der Waals surface area (Å²) in [6.45, 7) is -3.35. The first-order valence-electron chi connectivity index (χ1n) is 10.2. The van der Waals surface area contributed by atoms with Crippen molar-refractivity contribution in [3.63, 3.8) is 0 Å². The summed E-state index contributed by atoms with van der Waals surface area (Å²) in [7, 11) is -4.36. The average Bonchev–Trinajstić information content (AvgIpc) is 2.71. The Morgan fingerprint density at radius 2 is 1.16 bits per heavy atom. The Bertz CT molecular complexity index is 974. The van der Waals surface area contributed by atoms with Gasteiger partial charge in [-0.3, -0.25) is 4.18 Å². The van der Waals surface area contributed by atoms with Gasteiger partial charge in [-0.15, -0.1) is 8.78 Å². The van der Waals surface area contributed by atoms with Gasteiger partial charge in [0.05, 0.1) is 18.1 Å². The van der Waals surface area contributed by atoms with Crippen molar-refractivity contribution in [3.8, 4) is 0 Å². The normalized spacial score (nSPS) is 14.2. The summed E-state index contributed by atoms with van der Waals surface area (Å²) >= 11 is 0. The molecule has 0 saturated carbocycles. The first kappa shape index (κ1) is 34.3. The lowest BCUT2D eigenvalue weighted by Gasteiger charge is -2.31. The van der Waals surface area contributed by atoms with Gasteiger partial charge in [-0.25, -0.2) is 14.2 Å². The van der Waals surface area contributed by atoms with Crippen LogP contribution in [0.1, 0.15) is 18.9 Å². The summed E-state index contributed by atoms with van der Waals surface area (Å²) in [5.41, 5.74) is 0.702. The van der Waals surface area contributed by atoms with Crippen LogP contribution in [0.5, 0.6) is 0 Å². The Kier molecular flexibility index (Phi) is 11.8. The van der Waals surface area contributed by atoms with E-state index in [4.69, 9.17) is 0 Å². The van der Waals surface area contributed by atoms with E-state index in [1.807, 2.05) is 0 Å². The fourth-order valence-corrected chi connectivity index (χ4v) is 3.10. The lowest BCUT2D eigenvalue weighted by atomic mass is 10.2. The van der Waals surface area contributed by atoms with Gasteiger partial charge < -0.3 is 9.47 Å². The van der Waals surface area contributed by atoms with Crippen molar-refractivity contribution in [2.24, 2.45) is 0 Å². The van der Waals surface area contributed by atoms with Crippen LogP contribution < -0.4 is 0 Å². The first-order chi connectivity index (χ1) is 17.1. The van der Waals surface area contributed by atoms with E-state index in [0.29, 0.717) is 5.56 Å². The Morgan fingerprint density at radius 1 is 0.684 bits per heavy atom. The molecule has 1 aromatic carbocycles. The highest BCUT2D eigenvalue weighted by Crippen LogP contribution is 2.44. The van der Waals surface area contributed by atoms with E-state index in [-0.39, 0.29) is 17.9 Å². The largest absolute Gasteiger partial charge is 0.495 e. The number of rotatable bonds is 18. The van der Waals surface area contributed by atoms with Gasteiger partial charge in [0.1, 0.15) is 13.2 Å². The van der Waals surface area contributed by atoms with Crippen LogP contribution in [-0.4, -0.2) is 72.2 Å². The predicted octanol–water partition coefficient (Wildman–Crippen LogP) is 5.11. The maximum Gasteiger partial charge on any atom is 0.495 e. The molecule has 0 spiro atoms. The predicted molar refractivity (Wildman–Crippen MR) is 104 cm³/mol. The van der Waals surface area contributed by atoms with E-state index in [1.54, 1.807) is 6.92 Å². The van der Waals surface area contributed by atoms with E-state index in [0.717, 1.165) is 12.1 Å². The maximum atomic E-state index is 13.6. The number of alkyl halides is 10. The van der Waals surface area contributed by atoms with Gasteiger partial charge in [0.15, 0.2) is 0 Å². The summed E-state index contributed by atoms with van der Waals surface area (Å²) in [4.78, 5) is -0.314. The minimum Gasteiger partial charge on any atom is -0.372 e. The molecular weight excluding hydrogens is 578 g/mol. The van der Waals surface area contributed by atoms with Crippen molar-refractivity contribution in [2.45, 2.75) is 55.9 Å². The molecule has 0 heterocycles. The molecule has 1 rings (SSSR count). The van der Waals surface area contributed by atoms with Gasteiger partial charge in [0.2, 0.25) is 0 Å². The topological polar surface area (TPSA) is 89.5 Å². The third kappa shape index (κ3) is 11.5. The SMILES string of the molecule is CCCOCC(F)(F)OC(F)(F)OC(F)(F)C(F)(F)OC(F)(F)COCCOS(=O)(=O)c1ccc(C)cc1. The Balaban J connectivity index is 2.64. The molecule has 0 N–H and O–H groups in total. The molecule has 0 aromatic heterocycles. The molecule has 0 bridgehead atoms. The molecule has 0 aliphatic heterocycles. The molecular formula is C19H22F10O8S. The van der Waals surface area contributed by atoms with Gasteiger partial charge in [-0.1, -0.05) is 24.6 Å². The second kappa shape index (κ2) is 13.1. The number of hydrogen-bond donors (Lipinski definition) is 0. The standard InChI is InChI=1S/C19H22F10O8S/c1-3-8-32-12-16(22,23)36-19(28,29)37-18(26,27)17(24,25)35-15(20,21)11-33-9-10-34-38(30,31)14-6-4-13(2)5-7-14/h4-7H,3,8-12H2,1-2H3. The van der Waals surface area contributed by atoms with E-state index < -0.39 is 67.3 Å². The zero-order valence-electron chi connectivity index (χ0n) is 19.5. The molecule has 222 valence electrons. The van der Waals surface area contributed by atoms with Gasteiger partial charge in [-0.2, -0.15) is 43.5 Å². The number of halogens is 10.